The number of hydrogen-bond donors (Lipinski definition) is 3. The number of unbranched alkanes of at least 4 members (excludes halogenated alkanes) is 47. The highest BCUT2D eigenvalue weighted by Crippen LogP contribution is 2.45. The molecule has 0 rings (SSSR count). The zero-order valence-corrected chi connectivity index (χ0v) is 62.9. The van der Waals surface area contributed by atoms with Crippen LogP contribution in [-0.4, -0.2) is 96.7 Å². The van der Waals surface area contributed by atoms with Gasteiger partial charge < -0.3 is 33.8 Å². The number of carbonyl (C=O) groups excluding carboxylic acids is 4. The molecule has 94 heavy (non-hydrogen) atoms. The normalized spacial score (nSPS) is 14.0. The van der Waals surface area contributed by atoms with Crippen LogP contribution >= 0.6 is 15.6 Å². The Bertz CT molecular complexity index is 1810. The molecule has 0 aromatic rings. The maximum absolute atomic E-state index is 13.1. The minimum absolute atomic E-state index is 0.108. The van der Waals surface area contributed by atoms with E-state index in [9.17, 15) is 43.2 Å². The van der Waals surface area contributed by atoms with Crippen LogP contribution in [0.4, 0.5) is 0 Å². The lowest BCUT2D eigenvalue weighted by Gasteiger charge is -2.21. The third-order valence-corrected chi connectivity index (χ3v) is 19.4. The molecule has 0 radical (unpaired) electrons. The molecule has 5 atom stereocenters. The Balaban J connectivity index is 5.24. The van der Waals surface area contributed by atoms with Crippen LogP contribution in [0.5, 0.6) is 0 Å². The number of aliphatic hydroxyl groups is 1. The third-order valence-electron chi connectivity index (χ3n) is 17.5. The molecular formula is C75H146O17P2. The van der Waals surface area contributed by atoms with Gasteiger partial charge in [-0.15, -0.1) is 0 Å². The van der Waals surface area contributed by atoms with Crippen molar-refractivity contribution in [2.45, 2.75) is 412 Å². The van der Waals surface area contributed by atoms with Gasteiger partial charge in [0, 0.05) is 25.7 Å². The average molecular weight is 1380 g/mol. The summed E-state index contributed by atoms with van der Waals surface area (Å²) < 4.78 is 68.5. The predicted octanol–water partition coefficient (Wildman–Crippen LogP) is 22.1. The number of phosphoric acid groups is 2. The summed E-state index contributed by atoms with van der Waals surface area (Å²) in [6.45, 7) is 7.28. The zero-order chi connectivity index (χ0) is 69.1. The van der Waals surface area contributed by atoms with Crippen LogP contribution < -0.4 is 0 Å². The van der Waals surface area contributed by atoms with E-state index in [0.29, 0.717) is 25.7 Å². The van der Waals surface area contributed by atoms with Gasteiger partial charge in [-0.25, -0.2) is 9.13 Å². The molecule has 0 aliphatic heterocycles. The van der Waals surface area contributed by atoms with Crippen LogP contribution in [0.25, 0.3) is 0 Å². The lowest BCUT2D eigenvalue weighted by molar-refractivity contribution is -0.161. The fraction of sp³-hybridized carbons (Fsp3) is 0.947. The summed E-state index contributed by atoms with van der Waals surface area (Å²) in [5, 5.41) is 10.6. The largest absolute Gasteiger partial charge is 0.472 e. The van der Waals surface area contributed by atoms with Gasteiger partial charge in [0.25, 0.3) is 0 Å². The fourth-order valence-electron chi connectivity index (χ4n) is 11.5. The molecule has 0 saturated heterocycles. The SMILES string of the molecule is CCCCCCCCCCCCCCCCCCCCC(=O)O[C@H](COC(=O)CCCCCCCCCCCCC(C)C)COP(=O)(O)OC[C@@H](O)COP(=O)(O)OC[C@@H](COC(=O)CCCCCCCCCCCCC)OC(=O)CCCCCCCCCCCCCC. The Labute approximate surface area is 575 Å². The summed E-state index contributed by atoms with van der Waals surface area (Å²) in [4.78, 5) is 72.8. The molecule has 0 aromatic heterocycles. The molecule has 0 aliphatic rings. The van der Waals surface area contributed by atoms with E-state index >= 15 is 0 Å². The first-order chi connectivity index (χ1) is 45.5. The third kappa shape index (κ3) is 68.6. The lowest BCUT2D eigenvalue weighted by Crippen LogP contribution is -2.30. The number of aliphatic hydroxyl groups excluding tert-OH is 1. The Morgan fingerprint density at radius 2 is 0.489 bits per heavy atom. The lowest BCUT2D eigenvalue weighted by atomic mass is 10.0. The summed E-state index contributed by atoms with van der Waals surface area (Å²) in [6, 6.07) is 0. The molecule has 0 aliphatic carbocycles. The van der Waals surface area contributed by atoms with Crippen molar-refractivity contribution in [1.82, 2.24) is 0 Å². The second-order valence-electron chi connectivity index (χ2n) is 27.5. The van der Waals surface area contributed by atoms with Gasteiger partial charge >= 0.3 is 39.5 Å². The Kier molecular flexibility index (Phi) is 66.8. The van der Waals surface area contributed by atoms with Crippen molar-refractivity contribution < 1.29 is 80.2 Å². The molecule has 17 nitrogen and oxygen atoms in total. The first-order valence-electron chi connectivity index (χ1n) is 39.1. The highest BCUT2D eigenvalue weighted by Gasteiger charge is 2.30. The Morgan fingerprint density at radius 1 is 0.287 bits per heavy atom. The van der Waals surface area contributed by atoms with Crippen LogP contribution in [0.2, 0.25) is 0 Å². The topological polar surface area (TPSA) is 237 Å². The maximum atomic E-state index is 13.1. The molecule has 0 saturated carbocycles. The molecule has 558 valence electrons. The van der Waals surface area contributed by atoms with E-state index in [1.54, 1.807) is 0 Å². The van der Waals surface area contributed by atoms with Crippen molar-refractivity contribution in [3.8, 4) is 0 Å². The zero-order valence-electron chi connectivity index (χ0n) is 61.1. The molecule has 3 N–H and O–H groups in total. The maximum Gasteiger partial charge on any atom is 0.472 e. The first-order valence-corrected chi connectivity index (χ1v) is 42.1. The molecule has 2 unspecified atom stereocenters. The quantitative estimate of drug-likeness (QED) is 0.0222. The van der Waals surface area contributed by atoms with E-state index in [1.165, 1.54) is 218 Å². The van der Waals surface area contributed by atoms with Crippen LogP contribution in [0.3, 0.4) is 0 Å². The summed E-state index contributed by atoms with van der Waals surface area (Å²) >= 11 is 0. The van der Waals surface area contributed by atoms with Crippen molar-refractivity contribution in [3.63, 3.8) is 0 Å². The molecule has 0 spiro atoms. The van der Waals surface area contributed by atoms with E-state index in [4.69, 9.17) is 37.0 Å². The second-order valence-corrected chi connectivity index (χ2v) is 30.4. The van der Waals surface area contributed by atoms with Gasteiger partial charge in [0.1, 0.15) is 19.3 Å². The van der Waals surface area contributed by atoms with Gasteiger partial charge in [-0.3, -0.25) is 37.3 Å². The number of carbonyl (C=O) groups is 4. The fourth-order valence-corrected chi connectivity index (χ4v) is 13.1. The van der Waals surface area contributed by atoms with Crippen molar-refractivity contribution in [2.75, 3.05) is 39.6 Å². The summed E-state index contributed by atoms with van der Waals surface area (Å²) in [5.41, 5.74) is 0. The van der Waals surface area contributed by atoms with Gasteiger partial charge in [0.2, 0.25) is 0 Å². The Morgan fingerprint density at radius 3 is 0.723 bits per heavy atom. The molecule has 19 heteroatoms. The van der Waals surface area contributed by atoms with Crippen LogP contribution in [-0.2, 0) is 65.4 Å². The van der Waals surface area contributed by atoms with E-state index in [-0.39, 0.29) is 25.7 Å². The first kappa shape index (κ1) is 92.1. The number of rotatable bonds is 75. The van der Waals surface area contributed by atoms with E-state index in [1.807, 2.05) is 0 Å². The predicted molar refractivity (Wildman–Crippen MR) is 382 cm³/mol. The van der Waals surface area contributed by atoms with Crippen LogP contribution in [0.1, 0.15) is 394 Å². The molecule has 0 heterocycles. The summed E-state index contributed by atoms with van der Waals surface area (Å²) in [7, 11) is -9.91. The van der Waals surface area contributed by atoms with Gasteiger partial charge in [0.05, 0.1) is 26.4 Å². The summed E-state index contributed by atoms with van der Waals surface area (Å²) in [6.07, 6.45) is 56.7. The molecule has 0 fully saturated rings. The molecule has 0 aromatic carbocycles. The standard InChI is InChI=1S/C75H146O17P2/c1-6-9-12-15-18-21-24-26-27-28-29-30-31-34-41-46-51-56-61-75(80)92-71(65-86-73(78)59-54-49-44-39-36-35-37-42-47-52-57-68(4)5)67-90-94(83,84)88-63-69(76)62-87-93(81,82)89-66-70(64-85-72(77)58-53-48-43-38-32-23-20-17-14-11-8-3)91-74(79)60-55-50-45-40-33-25-22-19-16-13-10-7-2/h68-71,76H,6-67H2,1-5H3,(H,81,82)(H,83,84)/t69-,70+,71+/m0/s1. The van der Waals surface area contributed by atoms with Crippen LogP contribution in [0.15, 0.2) is 0 Å². The number of ether oxygens (including phenoxy) is 4. The van der Waals surface area contributed by atoms with Gasteiger partial charge in [-0.2, -0.15) is 0 Å². The minimum atomic E-state index is -4.96. The average Bonchev–Trinajstić information content (AvgIpc) is 1.81. The number of hydrogen-bond acceptors (Lipinski definition) is 15. The van der Waals surface area contributed by atoms with Crippen molar-refractivity contribution in [2.24, 2.45) is 5.92 Å². The highest BCUT2D eigenvalue weighted by molar-refractivity contribution is 7.47. The van der Waals surface area contributed by atoms with Crippen molar-refractivity contribution in [3.05, 3.63) is 0 Å². The summed E-state index contributed by atoms with van der Waals surface area (Å²) in [5.74, 6) is -1.35. The van der Waals surface area contributed by atoms with Gasteiger partial charge in [-0.1, -0.05) is 343 Å². The Hall–Kier alpha value is -1.94. The van der Waals surface area contributed by atoms with E-state index in [2.05, 4.69) is 34.6 Å². The highest BCUT2D eigenvalue weighted by atomic mass is 31.2. The molecule has 0 amide bonds. The van der Waals surface area contributed by atoms with E-state index in [0.717, 1.165) is 95.8 Å². The molecule has 0 bridgehead atoms. The van der Waals surface area contributed by atoms with E-state index < -0.39 is 97.5 Å². The molecular weight excluding hydrogens is 1230 g/mol. The second kappa shape index (κ2) is 68.2. The van der Waals surface area contributed by atoms with Crippen LogP contribution in [0, 0.1) is 5.92 Å². The minimum Gasteiger partial charge on any atom is -0.462 e. The monoisotopic (exact) mass is 1380 g/mol. The van der Waals surface area contributed by atoms with Crippen molar-refractivity contribution in [1.29, 1.82) is 0 Å². The smallest absolute Gasteiger partial charge is 0.462 e. The number of phosphoric ester groups is 2. The van der Waals surface area contributed by atoms with Crippen molar-refractivity contribution >= 4 is 39.5 Å². The number of esters is 4. The van der Waals surface area contributed by atoms with Gasteiger partial charge in [-0.05, 0) is 31.6 Å². The van der Waals surface area contributed by atoms with Gasteiger partial charge in [0.15, 0.2) is 12.2 Å².